The first-order chi connectivity index (χ1) is 13.5. The van der Waals surface area contributed by atoms with E-state index >= 15 is 0 Å². The zero-order valence-electron chi connectivity index (χ0n) is 14.7. The fraction of sp³-hybridized carbons (Fsp3) is 0.200. The molecular weight excluding hydrogens is 382 g/mol. The minimum atomic E-state index is -0.659. The zero-order chi connectivity index (χ0) is 20.1. The van der Waals surface area contributed by atoms with Crippen LogP contribution in [0.5, 0.6) is 0 Å². The number of nitriles is 1. The van der Waals surface area contributed by atoms with Crippen molar-refractivity contribution in [1.29, 1.82) is 5.26 Å². The SMILES string of the molecule is N#Cc1ccc(NC(=O)COC(=O)c2ccc(NC(=O)C3CC3)cc2)cc1Cl. The van der Waals surface area contributed by atoms with Crippen molar-refractivity contribution in [3.8, 4) is 6.07 Å². The quantitative estimate of drug-likeness (QED) is 0.726. The number of carbonyl (C=O) groups excluding carboxylic acids is 3. The molecule has 2 amide bonds. The van der Waals surface area contributed by atoms with Gasteiger partial charge in [0.05, 0.1) is 16.1 Å². The molecule has 1 saturated carbocycles. The summed E-state index contributed by atoms with van der Waals surface area (Å²) in [7, 11) is 0. The third-order valence-corrected chi connectivity index (χ3v) is 4.36. The second-order valence-electron chi connectivity index (χ2n) is 6.27. The minimum Gasteiger partial charge on any atom is -0.452 e. The van der Waals surface area contributed by atoms with Crippen LogP contribution in [0.1, 0.15) is 28.8 Å². The summed E-state index contributed by atoms with van der Waals surface area (Å²) < 4.78 is 4.98. The van der Waals surface area contributed by atoms with E-state index < -0.39 is 18.5 Å². The predicted molar refractivity (Wildman–Crippen MR) is 103 cm³/mol. The number of halogens is 1. The molecule has 0 aliphatic heterocycles. The lowest BCUT2D eigenvalue weighted by Gasteiger charge is -2.08. The summed E-state index contributed by atoms with van der Waals surface area (Å²) in [5.74, 6) is -1.13. The summed E-state index contributed by atoms with van der Waals surface area (Å²) in [5.41, 5.74) is 1.55. The van der Waals surface area contributed by atoms with Crippen molar-refractivity contribution in [2.45, 2.75) is 12.8 Å². The highest BCUT2D eigenvalue weighted by Crippen LogP contribution is 2.30. The van der Waals surface area contributed by atoms with E-state index in [4.69, 9.17) is 21.6 Å². The molecule has 3 rings (SSSR count). The monoisotopic (exact) mass is 397 g/mol. The summed E-state index contributed by atoms with van der Waals surface area (Å²) in [6, 6.07) is 12.6. The fourth-order valence-corrected chi connectivity index (χ4v) is 2.60. The lowest BCUT2D eigenvalue weighted by Crippen LogP contribution is -2.21. The Hall–Kier alpha value is -3.37. The van der Waals surface area contributed by atoms with Gasteiger partial charge >= 0.3 is 5.97 Å². The minimum absolute atomic E-state index is 0.0186. The standard InChI is InChI=1S/C20H16ClN3O4/c21-17-9-16(8-5-14(17)10-22)23-18(25)11-28-20(27)13-3-6-15(7-4-13)24-19(26)12-1-2-12/h3-9,12H,1-2,11H2,(H,23,25)(H,24,26). The number of hydrogen-bond donors (Lipinski definition) is 2. The number of anilines is 2. The molecule has 2 aromatic carbocycles. The Kier molecular flexibility index (Phi) is 5.92. The van der Waals surface area contributed by atoms with Gasteiger partial charge < -0.3 is 15.4 Å². The molecule has 142 valence electrons. The van der Waals surface area contributed by atoms with Crippen LogP contribution in [0.25, 0.3) is 0 Å². The van der Waals surface area contributed by atoms with Crippen molar-refractivity contribution in [3.05, 3.63) is 58.6 Å². The predicted octanol–water partition coefficient (Wildman–Crippen LogP) is 3.36. The molecule has 0 atom stereocenters. The first-order valence-electron chi connectivity index (χ1n) is 8.54. The molecule has 0 heterocycles. The van der Waals surface area contributed by atoms with Crippen LogP contribution in [0.15, 0.2) is 42.5 Å². The first-order valence-corrected chi connectivity index (χ1v) is 8.91. The Morgan fingerprint density at radius 3 is 2.36 bits per heavy atom. The van der Waals surface area contributed by atoms with Gasteiger partial charge in [-0.25, -0.2) is 4.79 Å². The highest BCUT2D eigenvalue weighted by Gasteiger charge is 2.29. The normalized spacial score (nSPS) is 12.6. The van der Waals surface area contributed by atoms with Crippen LogP contribution >= 0.6 is 11.6 Å². The third kappa shape index (κ3) is 5.09. The topological polar surface area (TPSA) is 108 Å². The van der Waals surface area contributed by atoms with Crippen molar-refractivity contribution in [1.82, 2.24) is 0 Å². The molecule has 7 nitrogen and oxygen atoms in total. The third-order valence-electron chi connectivity index (χ3n) is 4.04. The molecule has 1 aliphatic rings. The van der Waals surface area contributed by atoms with Crippen molar-refractivity contribution in [2.24, 2.45) is 5.92 Å². The van der Waals surface area contributed by atoms with Crippen molar-refractivity contribution < 1.29 is 19.1 Å². The Balaban J connectivity index is 1.49. The molecule has 8 heteroatoms. The number of nitrogens with zero attached hydrogens (tertiary/aromatic N) is 1. The molecule has 0 aromatic heterocycles. The molecule has 0 unspecified atom stereocenters. The molecular formula is C20H16ClN3O4. The van der Waals surface area contributed by atoms with E-state index in [2.05, 4.69) is 10.6 Å². The molecule has 0 saturated heterocycles. The van der Waals surface area contributed by atoms with E-state index in [9.17, 15) is 14.4 Å². The van der Waals surface area contributed by atoms with E-state index in [0.29, 0.717) is 16.9 Å². The average Bonchev–Trinajstić information content (AvgIpc) is 3.52. The van der Waals surface area contributed by atoms with Gasteiger partial charge in [-0.1, -0.05) is 11.6 Å². The highest BCUT2D eigenvalue weighted by atomic mass is 35.5. The summed E-state index contributed by atoms with van der Waals surface area (Å²) >= 11 is 5.90. The van der Waals surface area contributed by atoms with Gasteiger partial charge in [0.2, 0.25) is 5.91 Å². The van der Waals surface area contributed by atoms with Crippen LogP contribution in [0, 0.1) is 17.2 Å². The van der Waals surface area contributed by atoms with Gasteiger partial charge in [-0.15, -0.1) is 0 Å². The van der Waals surface area contributed by atoms with E-state index in [1.54, 1.807) is 12.1 Å². The summed E-state index contributed by atoms with van der Waals surface area (Å²) in [6.45, 7) is -0.476. The van der Waals surface area contributed by atoms with E-state index in [-0.39, 0.29) is 22.4 Å². The van der Waals surface area contributed by atoms with Crippen molar-refractivity contribution in [2.75, 3.05) is 17.2 Å². The molecule has 1 aliphatic carbocycles. The highest BCUT2D eigenvalue weighted by molar-refractivity contribution is 6.32. The number of rotatable bonds is 6. The van der Waals surface area contributed by atoms with Crippen LogP contribution < -0.4 is 10.6 Å². The number of carbonyl (C=O) groups is 3. The molecule has 2 aromatic rings. The van der Waals surface area contributed by atoms with Crippen LogP contribution in [0.2, 0.25) is 5.02 Å². The number of benzene rings is 2. The smallest absolute Gasteiger partial charge is 0.338 e. The largest absolute Gasteiger partial charge is 0.452 e. The van der Waals surface area contributed by atoms with E-state index in [1.807, 2.05) is 6.07 Å². The van der Waals surface area contributed by atoms with Gasteiger partial charge in [0.1, 0.15) is 6.07 Å². The second kappa shape index (κ2) is 8.55. The number of hydrogen-bond acceptors (Lipinski definition) is 5. The lowest BCUT2D eigenvalue weighted by molar-refractivity contribution is -0.119. The van der Waals surface area contributed by atoms with Crippen molar-refractivity contribution >= 4 is 40.8 Å². The van der Waals surface area contributed by atoms with Crippen LogP contribution in [-0.4, -0.2) is 24.4 Å². The molecule has 0 radical (unpaired) electrons. The lowest BCUT2D eigenvalue weighted by atomic mass is 10.2. The molecule has 0 bridgehead atoms. The Morgan fingerprint density at radius 2 is 1.75 bits per heavy atom. The van der Waals surface area contributed by atoms with Gasteiger partial charge in [0.25, 0.3) is 5.91 Å². The fourth-order valence-electron chi connectivity index (χ4n) is 2.37. The molecule has 0 spiro atoms. The summed E-state index contributed by atoms with van der Waals surface area (Å²) in [6.07, 6.45) is 1.82. The van der Waals surface area contributed by atoms with Crippen LogP contribution in [0.4, 0.5) is 11.4 Å². The maximum absolute atomic E-state index is 12.0. The molecule has 28 heavy (non-hydrogen) atoms. The Morgan fingerprint density at radius 1 is 1.07 bits per heavy atom. The maximum Gasteiger partial charge on any atom is 0.338 e. The molecule has 2 N–H and O–H groups in total. The number of esters is 1. The number of nitrogens with one attached hydrogen (secondary N) is 2. The first kappa shape index (κ1) is 19.4. The zero-order valence-corrected chi connectivity index (χ0v) is 15.5. The van der Waals surface area contributed by atoms with E-state index in [1.165, 1.54) is 30.3 Å². The van der Waals surface area contributed by atoms with Crippen LogP contribution in [0.3, 0.4) is 0 Å². The van der Waals surface area contributed by atoms with Gasteiger partial charge in [-0.3, -0.25) is 9.59 Å². The van der Waals surface area contributed by atoms with E-state index in [0.717, 1.165) is 12.8 Å². The van der Waals surface area contributed by atoms with Gasteiger partial charge in [0, 0.05) is 17.3 Å². The summed E-state index contributed by atoms with van der Waals surface area (Å²) in [4.78, 5) is 35.7. The second-order valence-corrected chi connectivity index (χ2v) is 6.68. The van der Waals surface area contributed by atoms with Crippen LogP contribution in [-0.2, 0) is 14.3 Å². The maximum atomic E-state index is 12.0. The van der Waals surface area contributed by atoms with Gasteiger partial charge in [-0.05, 0) is 55.3 Å². The number of ether oxygens (including phenoxy) is 1. The number of amides is 2. The van der Waals surface area contributed by atoms with Crippen molar-refractivity contribution in [3.63, 3.8) is 0 Å². The average molecular weight is 398 g/mol. The Labute approximate surface area is 166 Å². The Bertz CT molecular complexity index is 962. The molecule has 1 fully saturated rings. The van der Waals surface area contributed by atoms with Gasteiger partial charge in [-0.2, -0.15) is 5.26 Å². The summed E-state index contributed by atoms with van der Waals surface area (Å²) in [5, 5.41) is 14.4. The van der Waals surface area contributed by atoms with Gasteiger partial charge in [0.15, 0.2) is 6.61 Å².